The van der Waals surface area contributed by atoms with Crippen LogP contribution in [0, 0.1) is 5.41 Å². The maximum absolute atomic E-state index is 11.6. The molecule has 9 nitrogen and oxygen atoms in total. The normalized spacial score (nSPS) is 12.2. The second-order valence-corrected chi connectivity index (χ2v) is 5.45. The lowest BCUT2D eigenvalue weighted by atomic mass is 10.2. The molecule has 1 rings (SSSR count). The summed E-state index contributed by atoms with van der Waals surface area (Å²) >= 11 is 0. The molecular weight excluding hydrogens is 312 g/mol. The molecule has 0 fully saturated rings. The molecule has 0 aliphatic heterocycles. The van der Waals surface area contributed by atoms with Crippen molar-refractivity contribution in [2.75, 3.05) is 6.54 Å². The third kappa shape index (κ3) is 6.90. The number of hydrogen-bond acceptors (Lipinski definition) is 7. The Labute approximate surface area is 128 Å². The number of nitrogens with two attached hydrogens (primary N) is 2. The summed E-state index contributed by atoms with van der Waals surface area (Å²) in [4.78, 5) is 11.6. The molecule has 0 saturated carbocycles. The van der Waals surface area contributed by atoms with Crippen LogP contribution in [-0.4, -0.2) is 32.9 Å². The Kier molecular flexibility index (Phi) is 6.60. The fraction of sp³-hybridized carbons (Fsp3) is 0.333. The summed E-state index contributed by atoms with van der Waals surface area (Å²) in [7, 11) is -4.52. The van der Waals surface area contributed by atoms with E-state index in [-0.39, 0.29) is 18.1 Å². The van der Waals surface area contributed by atoms with Crippen LogP contribution < -0.4 is 21.0 Å². The van der Waals surface area contributed by atoms with Crippen LogP contribution in [0.3, 0.4) is 0 Å². The number of nitrogens with one attached hydrogen (secondary N) is 2. The summed E-state index contributed by atoms with van der Waals surface area (Å²) in [5.74, 6) is -1.29. The highest BCUT2D eigenvalue weighted by atomic mass is 32.3. The molecule has 0 aliphatic carbocycles. The maximum Gasteiger partial charge on any atom is 0.503 e. The molecule has 6 N–H and O–H groups in total. The van der Waals surface area contributed by atoms with E-state index in [1.165, 1.54) is 12.1 Å². The molecule has 122 valence electrons. The Morgan fingerprint density at radius 3 is 2.55 bits per heavy atom. The fourth-order valence-corrected chi connectivity index (χ4v) is 2.14. The Hall–Kier alpha value is -2.33. The first-order valence-corrected chi connectivity index (χ1v) is 7.70. The SMILES string of the molecule is N=C(N)NCCC[C@H](N)C(=O)OS(=O)(=O)Oc1ccccc1. The lowest BCUT2D eigenvalue weighted by molar-refractivity contribution is -0.135. The molecule has 22 heavy (non-hydrogen) atoms. The van der Waals surface area contributed by atoms with Crippen molar-refractivity contribution >= 4 is 22.3 Å². The Balaban J connectivity index is 2.43. The summed E-state index contributed by atoms with van der Waals surface area (Å²) in [6.07, 6.45) is 0.579. The van der Waals surface area contributed by atoms with Crippen molar-refractivity contribution in [1.29, 1.82) is 5.41 Å². The van der Waals surface area contributed by atoms with Crippen molar-refractivity contribution in [3.05, 3.63) is 30.3 Å². The van der Waals surface area contributed by atoms with E-state index in [1.807, 2.05) is 0 Å². The van der Waals surface area contributed by atoms with E-state index < -0.39 is 22.4 Å². The maximum atomic E-state index is 11.6. The zero-order chi connectivity index (χ0) is 16.6. The average Bonchev–Trinajstić information content (AvgIpc) is 2.43. The summed E-state index contributed by atoms with van der Waals surface area (Å²) in [5.41, 5.74) is 10.6. The Morgan fingerprint density at radius 1 is 1.32 bits per heavy atom. The number of carbonyl (C=O) groups is 1. The highest BCUT2D eigenvalue weighted by Gasteiger charge is 2.24. The number of benzene rings is 1. The molecule has 0 radical (unpaired) electrons. The van der Waals surface area contributed by atoms with Crippen molar-refractivity contribution in [3.63, 3.8) is 0 Å². The average molecular weight is 330 g/mol. The van der Waals surface area contributed by atoms with Crippen LogP contribution in [0.1, 0.15) is 12.8 Å². The van der Waals surface area contributed by atoms with Crippen LogP contribution in [-0.2, 0) is 19.4 Å². The van der Waals surface area contributed by atoms with E-state index in [2.05, 4.69) is 13.7 Å². The van der Waals surface area contributed by atoms with Crippen LogP contribution in [0.4, 0.5) is 0 Å². The second-order valence-electron chi connectivity index (χ2n) is 4.30. The molecule has 0 aromatic heterocycles. The zero-order valence-electron chi connectivity index (χ0n) is 11.7. The van der Waals surface area contributed by atoms with E-state index in [0.717, 1.165) is 0 Å². The summed E-state index contributed by atoms with van der Waals surface area (Å²) < 4.78 is 32.0. The number of guanidine groups is 1. The summed E-state index contributed by atoms with van der Waals surface area (Å²) in [6, 6.07) is 6.50. The van der Waals surface area contributed by atoms with Crippen molar-refractivity contribution in [2.24, 2.45) is 11.5 Å². The van der Waals surface area contributed by atoms with E-state index in [9.17, 15) is 13.2 Å². The summed E-state index contributed by atoms with van der Waals surface area (Å²) in [5, 5.41) is 9.47. The highest BCUT2D eigenvalue weighted by Crippen LogP contribution is 2.13. The molecule has 0 spiro atoms. The number of carbonyl (C=O) groups excluding carboxylic acids is 1. The van der Waals surface area contributed by atoms with Gasteiger partial charge in [0.2, 0.25) is 0 Å². The van der Waals surface area contributed by atoms with Gasteiger partial charge in [-0.3, -0.25) is 5.41 Å². The van der Waals surface area contributed by atoms with Gasteiger partial charge in [0.1, 0.15) is 11.8 Å². The molecule has 1 aromatic carbocycles. The first-order valence-electron chi connectivity index (χ1n) is 6.36. The lowest BCUT2D eigenvalue weighted by Gasteiger charge is -2.11. The van der Waals surface area contributed by atoms with Gasteiger partial charge in [-0.15, -0.1) is 8.42 Å². The minimum Gasteiger partial charge on any atom is -0.370 e. The third-order valence-electron chi connectivity index (χ3n) is 2.44. The van der Waals surface area contributed by atoms with Crippen molar-refractivity contribution < 1.29 is 21.6 Å². The van der Waals surface area contributed by atoms with E-state index >= 15 is 0 Å². The van der Waals surface area contributed by atoms with Gasteiger partial charge in [0.15, 0.2) is 5.96 Å². The van der Waals surface area contributed by atoms with Crippen LogP contribution in [0.25, 0.3) is 0 Å². The molecule has 0 saturated heterocycles. The van der Waals surface area contributed by atoms with Gasteiger partial charge in [-0.05, 0) is 25.0 Å². The fourth-order valence-electron chi connectivity index (χ4n) is 1.44. The molecule has 0 aliphatic rings. The second kappa shape index (κ2) is 8.20. The minimum absolute atomic E-state index is 0.0227. The Morgan fingerprint density at radius 2 is 1.95 bits per heavy atom. The predicted molar refractivity (Wildman–Crippen MR) is 79.2 cm³/mol. The van der Waals surface area contributed by atoms with Crippen molar-refractivity contribution in [3.8, 4) is 5.75 Å². The van der Waals surface area contributed by atoms with Crippen LogP contribution in [0.2, 0.25) is 0 Å². The van der Waals surface area contributed by atoms with Gasteiger partial charge in [0.05, 0.1) is 0 Å². The molecule has 0 unspecified atom stereocenters. The van der Waals surface area contributed by atoms with Crippen molar-refractivity contribution in [2.45, 2.75) is 18.9 Å². The van der Waals surface area contributed by atoms with E-state index in [4.69, 9.17) is 16.9 Å². The molecule has 10 heteroatoms. The monoisotopic (exact) mass is 330 g/mol. The van der Waals surface area contributed by atoms with Gasteiger partial charge in [-0.25, -0.2) is 4.79 Å². The van der Waals surface area contributed by atoms with Gasteiger partial charge in [0, 0.05) is 6.54 Å². The number of hydrogen-bond donors (Lipinski definition) is 4. The van der Waals surface area contributed by atoms with E-state index in [0.29, 0.717) is 13.0 Å². The highest BCUT2D eigenvalue weighted by molar-refractivity contribution is 7.82. The number of rotatable bonds is 8. The standard InChI is InChI=1S/C12H18N4O5S/c13-10(7-4-8-16-12(14)15)11(17)21-22(18,19)20-9-5-2-1-3-6-9/h1-3,5-6,10H,4,7-8,13H2,(H4,14,15,16)/t10-/m0/s1. The van der Waals surface area contributed by atoms with Gasteiger partial charge < -0.3 is 25.2 Å². The third-order valence-corrected chi connectivity index (χ3v) is 3.20. The van der Waals surface area contributed by atoms with Gasteiger partial charge >= 0.3 is 16.4 Å². The number of para-hydroxylation sites is 1. The molecule has 0 amide bonds. The predicted octanol–water partition coefficient (Wildman–Crippen LogP) is -0.556. The molecular formula is C12H18N4O5S. The van der Waals surface area contributed by atoms with Crippen LogP contribution >= 0.6 is 0 Å². The van der Waals surface area contributed by atoms with Crippen LogP contribution in [0.15, 0.2) is 30.3 Å². The van der Waals surface area contributed by atoms with Gasteiger partial charge in [0.25, 0.3) is 0 Å². The van der Waals surface area contributed by atoms with Crippen molar-refractivity contribution in [1.82, 2.24) is 5.32 Å². The molecule has 0 bridgehead atoms. The first kappa shape index (κ1) is 17.7. The van der Waals surface area contributed by atoms with Gasteiger partial charge in [-0.2, -0.15) is 0 Å². The molecule has 0 heterocycles. The van der Waals surface area contributed by atoms with Gasteiger partial charge in [-0.1, -0.05) is 18.2 Å². The topological polar surface area (TPSA) is 158 Å². The smallest absolute Gasteiger partial charge is 0.370 e. The van der Waals surface area contributed by atoms with Crippen LogP contribution in [0.5, 0.6) is 5.75 Å². The largest absolute Gasteiger partial charge is 0.503 e. The summed E-state index contributed by atoms with van der Waals surface area (Å²) in [6.45, 7) is 0.337. The lowest BCUT2D eigenvalue weighted by Crippen LogP contribution is -2.36. The molecule has 1 aromatic rings. The zero-order valence-corrected chi connectivity index (χ0v) is 12.5. The molecule has 1 atom stereocenters. The Bertz CT molecular complexity index is 605. The quantitative estimate of drug-likeness (QED) is 0.281. The first-order chi connectivity index (χ1) is 10.3. The van der Waals surface area contributed by atoms with E-state index in [1.54, 1.807) is 18.2 Å². The minimum atomic E-state index is -4.52.